The Morgan fingerprint density at radius 1 is 1.30 bits per heavy atom. The summed E-state index contributed by atoms with van der Waals surface area (Å²) in [6.45, 7) is -0.212. The van der Waals surface area contributed by atoms with Gasteiger partial charge in [-0.15, -0.1) is 0 Å². The van der Waals surface area contributed by atoms with E-state index in [9.17, 15) is 9.18 Å². The zero-order chi connectivity index (χ0) is 14.5. The van der Waals surface area contributed by atoms with Gasteiger partial charge in [-0.3, -0.25) is 4.79 Å². The Morgan fingerprint density at radius 3 is 2.80 bits per heavy atom. The maximum Gasteiger partial charge on any atom is 0.262 e. The molecule has 0 saturated heterocycles. The molecule has 0 aliphatic carbocycles. The standard InChI is InChI=1S/C14H12BrFN2O2/c15-9-2-1-3-10(6-9)18-14(19)8-20-11-4-5-13(17)12(16)7-11/h1-7H,8,17H2,(H,18,19). The molecule has 4 nitrogen and oxygen atoms in total. The lowest BCUT2D eigenvalue weighted by molar-refractivity contribution is -0.118. The first-order valence-corrected chi connectivity index (χ1v) is 6.57. The molecule has 0 atom stereocenters. The van der Waals surface area contributed by atoms with E-state index in [4.69, 9.17) is 10.5 Å². The zero-order valence-corrected chi connectivity index (χ0v) is 12.0. The van der Waals surface area contributed by atoms with Crippen molar-refractivity contribution < 1.29 is 13.9 Å². The lowest BCUT2D eigenvalue weighted by atomic mass is 10.3. The molecule has 2 aromatic carbocycles. The molecular weight excluding hydrogens is 327 g/mol. The Balaban J connectivity index is 1.90. The highest BCUT2D eigenvalue weighted by Crippen LogP contribution is 2.18. The number of carbonyl (C=O) groups excluding carboxylic acids is 1. The van der Waals surface area contributed by atoms with Crippen LogP contribution in [0, 0.1) is 5.82 Å². The molecular formula is C14H12BrFN2O2. The van der Waals surface area contributed by atoms with Gasteiger partial charge in [-0.2, -0.15) is 0 Å². The summed E-state index contributed by atoms with van der Waals surface area (Å²) < 4.78 is 19.2. The second-order valence-electron chi connectivity index (χ2n) is 4.03. The second-order valence-corrected chi connectivity index (χ2v) is 4.95. The van der Waals surface area contributed by atoms with Crippen LogP contribution in [-0.4, -0.2) is 12.5 Å². The summed E-state index contributed by atoms with van der Waals surface area (Å²) in [7, 11) is 0. The fourth-order valence-electron chi connectivity index (χ4n) is 1.51. The minimum atomic E-state index is -0.574. The van der Waals surface area contributed by atoms with E-state index in [1.807, 2.05) is 6.07 Å². The molecule has 2 aromatic rings. The van der Waals surface area contributed by atoms with E-state index in [0.717, 1.165) is 10.5 Å². The fourth-order valence-corrected chi connectivity index (χ4v) is 1.91. The average Bonchev–Trinajstić information content (AvgIpc) is 2.40. The molecule has 0 bridgehead atoms. The number of amides is 1. The summed E-state index contributed by atoms with van der Waals surface area (Å²) in [5.41, 5.74) is 6.03. The van der Waals surface area contributed by atoms with Crippen LogP contribution in [0.3, 0.4) is 0 Å². The molecule has 0 aliphatic rings. The predicted molar refractivity (Wildman–Crippen MR) is 79.1 cm³/mol. The van der Waals surface area contributed by atoms with Crippen molar-refractivity contribution in [1.82, 2.24) is 0 Å². The highest BCUT2D eigenvalue weighted by Gasteiger charge is 2.06. The Morgan fingerprint density at radius 2 is 2.10 bits per heavy atom. The molecule has 6 heteroatoms. The normalized spacial score (nSPS) is 10.1. The third-order valence-corrected chi connectivity index (χ3v) is 2.94. The van der Waals surface area contributed by atoms with Crippen LogP contribution in [0.4, 0.5) is 15.8 Å². The maximum atomic E-state index is 13.2. The molecule has 104 valence electrons. The van der Waals surface area contributed by atoms with Crippen molar-refractivity contribution in [3.05, 3.63) is 52.8 Å². The number of nitrogen functional groups attached to an aromatic ring is 1. The monoisotopic (exact) mass is 338 g/mol. The van der Waals surface area contributed by atoms with E-state index in [-0.39, 0.29) is 24.0 Å². The van der Waals surface area contributed by atoms with Gasteiger partial charge in [0.15, 0.2) is 6.61 Å². The molecule has 2 rings (SSSR count). The van der Waals surface area contributed by atoms with E-state index in [1.165, 1.54) is 12.1 Å². The first-order chi connectivity index (χ1) is 9.54. The van der Waals surface area contributed by atoms with E-state index in [2.05, 4.69) is 21.2 Å². The largest absolute Gasteiger partial charge is 0.484 e. The lowest BCUT2D eigenvalue weighted by Crippen LogP contribution is -2.20. The Labute approximate surface area is 123 Å². The summed E-state index contributed by atoms with van der Waals surface area (Å²) in [6, 6.07) is 11.2. The Bertz CT molecular complexity index is 634. The van der Waals surface area contributed by atoms with Crippen LogP contribution in [0.5, 0.6) is 5.75 Å². The number of benzene rings is 2. The van der Waals surface area contributed by atoms with Crippen LogP contribution in [-0.2, 0) is 4.79 Å². The first kappa shape index (κ1) is 14.3. The Hall–Kier alpha value is -2.08. The van der Waals surface area contributed by atoms with Gasteiger partial charge >= 0.3 is 0 Å². The number of carbonyl (C=O) groups is 1. The van der Waals surface area contributed by atoms with E-state index in [1.54, 1.807) is 18.2 Å². The van der Waals surface area contributed by atoms with Crippen LogP contribution in [0.25, 0.3) is 0 Å². The molecule has 0 heterocycles. The number of rotatable bonds is 4. The van der Waals surface area contributed by atoms with Crippen LogP contribution < -0.4 is 15.8 Å². The van der Waals surface area contributed by atoms with Gasteiger partial charge in [-0.1, -0.05) is 22.0 Å². The van der Waals surface area contributed by atoms with Crippen molar-refractivity contribution in [3.8, 4) is 5.75 Å². The third-order valence-electron chi connectivity index (χ3n) is 2.45. The molecule has 3 N–H and O–H groups in total. The minimum absolute atomic E-state index is 0.0379. The van der Waals surface area contributed by atoms with Gasteiger partial charge in [0, 0.05) is 16.2 Å². The molecule has 0 fully saturated rings. The quantitative estimate of drug-likeness (QED) is 0.841. The predicted octanol–water partition coefficient (Wildman–Crippen LogP) is 3.19. The number of halogens is 2. The number of nitrogens with two attached hydrogens (primary N) is 1. The number of hydrogen-bond donors (Lipinski definition) is 2. The first-order valence-electron chi connectivity index (χ1n) is 5.78. The molecule has 1 amide bonds. The number of ether oxygens (including phenoxy) is 1. The van der Waals surface area contributed by atoms with Gasteiger partial charge in [0.05, 0.1) is 5.69 Å². The molecule has 20 heavy (non-hydrogen) atoms. The molecule has 0 radical (unpaired) electrons. The van der Waals surface area contributed by atoms with Crippen molar-refractivity contribution in [2.24, 2.45) is 0 Å². The smallest absolute Gasteiger partial charge is 0.262 e. The van der Waals surface area contributed by atoms with Crippen molar-refractivity contribution in [1.29, 1.82) is 0 Å². The number of hydrogen-bond acceptors (Lipinski definition) is 3. The van der Waals surface area contributed by atoms with Crippen molar-refractivity contribution in [3.63, 3.8) is 0 Å². The van der Waals surface area contributed by atoms with Gasteiger partial charge in [0.2, 0.25) is 0 Å². The zero-order valence-electron chi connectivity index (χ0n) is 10.4. The van der Waals surface area contributed by atoms with E-state index >= 15 is 0 Å². The summed E-state index contributed by atoms with van der Waals surface area (Å²) in [4.78, 5) is 11.7. The summed E-state index contributed by atoms with van der Waals surface area (Å²) in [5, 5.41) is 2.67. The SMILES string of the molecule is Nc1ccc(OCC(=O)Nc2cccc(Br)c2)cc1F. The second kappa shape index (κ2) is 6.38. The molecule has 0 spiro atoms. The van der Waals surface area contributed by atoms with Crippen LogP contribution >= 0.6 is 15.9 Å². The van der Waals surface area contributed by atoms with Gasteiger partial charge in [0.1, 0.15) is 11.6 Å². The molecule has 0 aliphatic heterocycles. The van der Waals surface area contributed by atoms with Crippen molar-refractivity contribution in [2.75, 3.05) is 17.7 Å². The summed E-state index contributed by atoms with van der Waals surface area (Å²) >= 11 is 3.31. The fraction of sp³-hybridized carbons (Fsp3) is 0.0714. The average molecular weight is 339 g/mol. The van der Waals surface area contributed by atoms with Crippen LogP contribution in [0.2, 0.25) is 0 Å². The van der Waals surface area contributed by atoms with Crippen molar-refractivity contribution in [2.45, 2.75) is 0 Å². The molecule has 0 unspecified atom stereocenters. The van der Waals surface area contributed by atoms with Gasteiger partial charge < -0.3 is 15.8 Å². The lowest BCUT2D eigenvalue weighted by Gasteiger charge is -2.08. The topological polar surface area (TPSA) is 64.3 Å². The highest BCUT2D eigenvalue weighted by atomic mass is 79.9. The van der Waals surface area contributed by atoms with E-state index in [0.29, 0.717) is 5.69 Å². The van der Waals surface area contributed by atoms with Gasteiger partial charge in [-0.05, 0) is 30.3 Å². The minimum Gasteiger partial charge on any atom is -0.484 e. The number of anilines is 2. The van der Waals surface area contributed by atoms with E-state index < -0.39 is 5.82 Å². The highest BCUT2D eigenvalue weighted by molar-refractivity contribution is 9.10. The summed E-state index contributed by atoms with van der Waals surface area (Å²) in [5.74, 6) is -0.656. The molecule has 0 aromatic heterocycles. The number of nitrogens with one attached hydrogen (secondary N) is 1. The summed E-state index contributed by atoms with van der Waals surface area (Å²) in [6.07, 6.45) is 0. The maximum absolute atomic E-state index is 13.2. The van der Waals surface area contributed by atoms with Crippen LogP contribution in [0.15, 0.2) is 46.9 Å². The third kappa shape index (κ3) is 3.96. The molecule has 0 saturated carbocycles. The van der Waals surface area contributed by atoms with Crippen molar-refractivity contribution >= 4 is 33.2 Å². The Kier molecular flexibility index (Phi) is 4.57. The van der Waals surface area contributed by atoms with Gasteiger partial charge in [-0.25, -0.2) is 4.39 Å². The van der Waals surface area contributed by atoms with Crippen LogP contribution in [0.1, 0.15) is 0 Å². The van der Waals surface area contributed by atoms with Gasteiger partial charge in [0.25, 0.3) is 5.91 Å².